The van der Waals surface area contributed by atoms with E-state index in [9.17, 15) is 9.47 Å². The second-order valence-corrected chi connectivity index (χ2v) is 11.2. The molecule has 10 heteroatoms. The Morgan fingerprint density at radius 3 is 2.49 bits per heavy atom. The zero-order chi connectivity index (χ0) is 26.8. The second-order valence-electron chi connectivity index (χ2n) is 9.81. The van der Waals surface area contributed by atoms with Crippen LogP contribution in [0.3, 0.4) is 0 Å². The first-order valence-corrected chi connectivity index (χ1v) is 14.7. The number of anilines is 1. The van der Waals surface area contributed by atoms with Crippen LogP contribution in [-0.2, 0) is 15.7 Å². The number of nitrogens with one attached hydrogen (secondary N) is 1. The highest BCUT2D eigenvalue weighted by molar-refractivity contribution is 7.81. The fourth-order valence-corrected chi connectivity index (χ4v) is 5.90. The number of aromatic amines is 1. The van der Waals surface area contributed by atoms with E-state index < -0.39 is 11.0 Å². The Morgan fingerprint density at radius 2 is 1.77 bits per heavy atom. The topological polar surface area (TPSA) is 107 Å². The van der Waals surface area contributed by atoms with Gasteiger partial charge in [0.15, 0.2) is 0 Å². The number of nitriles is 1. The largest absolute Gasteiger partial charge is 0.489 e. The predicted octanol–water partition coefficient (Wildman–Crippen LogP) is 4.14. The molecule has 0 amide bonds. The molecule has 1 atom stereocenters. The van der Waals surface area contributed by atoms with Crippen molar-refractivity contribution in [3.05, 3.63) is 60.4 Å². The summed E-state index contributed by atoms with van der Waals surface area (Å²) in [5, 5.41) is 10.7. The summed E-state index contributed by atoms with van der Waals surface area (Å²) in [5.74, 6) is 0.595. The zero-order valence-electron chi connectivity index (χ0n) is 21.8. The van der Waals surface area contributed by atoms with Crippen LogP contribution in [0.25, 0.3) is 33.5 Å². The molecule has 0 bridgehead atoms. The predicted molar refractivity (Wildman–Crippen MR) is 152 cm³/mol. The molecule has 1 N–H and O–H groups in total. The van der Waals surface area contributed by atoms with Crippen molar-refractivity contribution in [3.63, 3.8) is 0 Å². The molecule has 9 nitrogen and oxygen atoms in total. The normalized spacial score (nSPS) is 17.7. The highest BCUT2D eigenvalue weighted by atomic mass is 32.2. The van der Waals surface area contributed by atoms with Gasteiger partial charge in [0.1, 0.15) is 29.9 Å². The number of hydrogen-bond acceptors (Lipinski definition) is 7. The Morgan fingerprint density at radius 1 is 1.03 bits per heavy atom. The van der Waals surface area contributed by atoms with Crippen molar-refractivity contribution in [1.29, 1.82) is 5.26 Å². The summed E-state index contributed by atoms with van der Waals surface area (Å²) in [6, 6.07) is 18.5. The highest BCUT2D eigenvalue weighted by Gasteiger charge is 2.20. The Bertz CT molecular complexity index is 1530. The van der Waals surface area contributed by atoms with Crippen LogP contribution in [0.5, 0.6) is 5.75 Å². The number of fused-ring (bicyclic) bond motifs is 1. The lowest BCUT2D eigenvalue weighted by Crippen LogP contribution is -2.46. The van der Waals surface area contributed by atoms with E-state index in [0.29, 0.717) is 24.5 Å². The molecule has 6 rings (SSSR count). The van der Waals surface area contributed by atoms with E-state index in [4.69, 9.17) is 9.47 Å². The van der Waals surface area contributed by atoms with Gasteiger partial charge in [-0.05, 0) is 42.0 Å². The van der Waals surface area contributed by atoms with Gasteiger partial charge in [0.2, 0.25) is 0 Å². The highest BCUT2D eigenvalue weighted by Crippen LogP contribution is 2.33. The Kier molecular flexibility index (Phi) is 7.28. The molecule has 2 aliphatic rings. The van der Waals surface area contributed by atoms with Crippen molar-refractivity contribution in [3.8, 4) is 34.3 Å². The van der Waals surface area contributed by atoms with Gasteiger partial charge >= 0.3 is 0 Å². The maximum absolute atomic E-state index is 11.7. The zero-order valence-corrected chi connectivity index (χ0v) is 22.6. The van der Waals surface area contributed by atoms with E-state index in [1.807, 2.05) is 22.5 Å². The van der Waals surface area contributed by atoms with Crippen LogP contribution in [0, 0.1) is 11.3 Å². The SMILES string of the molecule is CS(=O)N1CCN(c2ccc(-c3cc4c(-c5ccc(OC6CCOCC6)c(C#N)c5)ncnc4[nH]3)cc2)CC1. The van der Waals surface area contributed by atoms with Gasteiger partial charge in [-0.15, -0.1) is 0 Å². The van der Waals surface area contributed by atoms with E-state index in [1.165, 1.54) is 0 Å². The van der Waals surface area contributed by atoms with Gasteiger partial charge < -0.3 is 19.4 Å². The van der Waals surface area contributed by atoms with Crippen molar-refractivity contribution in [2.24, 2.45) is 0 Å². The molecule has 0 radical (unpaired) electrons. The van der Waals surface area contributed by atoms with Crippen LogP contribution in [-0.4, -0.2) is 75.2 Å². The van der Waals surface area contributed by atoms with Crippen molar-refractivity contribution in [2.45, 2.75) is 18.9 Å². The van der Waals surface area contributed by atoms with Crippen molar-refractivity contribution in [2.75, 3.05) is 50.5 Å². The number of benzene rings is 2. The lowest BCUT2D eigenvalue weighted by molar-refractivity contribution is 0.0254. The molecule has 2 aromatic heterocycles. The molecule has 4 aromatic rings. The smallest absolute Gasteiger partial charge is 0.141 e. The van der Waals surface area contributed by atoms with E-state index in [1.54, 1.807) is 12.6 Å². The Labute approximate surface area is 230 Å². The van der Waals surface area contributed by atoms with Crippen molar-refractivity contribution in [1.82, 2.24) is 19.3 Å². The fraction of sp³-hybridized carbons (Fsp3) is 0.345. The summed E-state index contributed by atoms with van der Waals surface area (Å²) in [7, 11) is -0.916. The van der Waals surface area contributed by atoms with Gasteiger partial charge in [-0.2, -0.15) is 5.26 Å². The minimum atomic E-state index is -0.916. The van der Waals surface area contributed by atoms with E-state index in [0.717, 1.165) is 78.3 Å². The number of ether oxygens (including phenoxy) is 2. The van der Waals surface area contributed by atoms with Gasteiger partial charge in [0.05, 0.1) is 35.5 Å². The molecule has 2 fully saturated rings. The Balaban J connectivity index is 1.24. The van der Waals surface area contributed by atoms with Crippen LogP contribution in [0.1, 0.15) is 18.4 Å². The number of hydrogen-bond donors (Lipinski definition) is 1. The first-order valence-electron chi connectivity index (χ1n) is 13.2. The Hall–Kier alpha value is -3.78. The molecule has 2 aliphatic heterocycles. The molecule has 0 saturated carbocycles. The van der Waals surface area contributed by atoms with Crippen LogP contribution in [0.15, 0.2) is 54.9 Å². The number of rotatable bonds is 6. The van der Waals surface area contributed by atoms with Gasteiger partial charge in [-0.25, -0.2) is 18.5 Å². The summed E-state index contributed by atoms with van der Waals surface area (Å²) >= 11 is 0. The first kappa shape index (κ1) is 25.5. The second kappa shape index (κ2) is 11.1. The third-order valence-electron chi connectivity index (χ3n) is 7.41. The molecular formula is C29H30N6O3S. The third kappa shape index (κ3) is 5.39. The van der Waals surface area contributed by atoms with Crippen LogP contribution in [0.4, 0.5) is 5.69 Å². The molecule has 0 aliphatic carbocycles. The van der Waals surface area contributed by atoms with Crippen molar-refractivity contribution >= 4 is 27.7 Å². The van der Waals surface area contributed by atoms with E-state index >= 15 is 0 Å². The van der Waals surface area contributed by atoms with E-state index in [2.05, 4.69) is 56.3 Å². The molecule has 200 valence electrons. The monoisotopic (exact) mass is 542 g/mol. The summed E-state index contributed by atoms with van der Waals surface area (Å²) < 4.78 is 25.3. The maximum atomic E-state index is 11.7. The van der Waals surface area contributed by atoms with Crippen LogP contribution >= 0.6 is 0 Å². The van der Waals surface area contributed by atoms with Gasteiger partial charge in [0.25, 0.3) is 0 Å². The number of nitrogens with zero attached hydrogens (tertiary/aromatic N) is 5. The average molecular weight is 543 g/mol. The van der Waals surface area contributed by atoms with E-state index in [-0.39, 0.29) is 6.10 Å². The average Bonchev–Trinajstić information content (AvgIpc) is 3.43. The van der Waals surface area contributed by atoms with Crippen molar-refractivity contribution < 1.29 is 13.7 Å². The minimum Gasteiger partial charge on any atom is -0.489 e. The molecule has 2 saturated heterocycles. The number of piperazine rings is 1. The minimum absolute atomic E-state index is 0.0626. The molecular weight excluding hydrogens is 512 g/mol. The van der Waals surface area contributed by atoms with Gasteiger partial charge in [-0.1, -0.05) is 12.1 Å². The lowest BCUT2D eigenvalue weighted by Gasteiger charge is -2.34. The summed E-state index contributed by atoms with van der Waals surface area (Å²) in [4.78, 5) is 14.8. The molecule has 0 spiro atoms. The van der Waals surface area contributed by atoms with Gasteiger partial charge in [-0.3, -0.25) is 0 Å². The van der Waals surface area contributed by atoms with Crippen LogP contribution in [0.2, 0.25) is 0 Å². The third-order valence-corrected chi connectivity index (χ3v) is 8.50. The molecule has 4 heterocycles. The maximum Gasteiger partial charge on any atom is 0.141 e. The van der Waals surface area contributed by atoms with Crippen LogP contribution < -0.4 is 9.64 Å². The summed E-state index contributed by atoms with van der Waals surface area (Å²) in [6.45, 7) is 4.67. The lowest BCUT2D eigenvalue weighted by atomic mass is 10.0. The number of aromatic nitrogens is 3. The summed E-state index contributed by atoms with van der Waals surface area (Å²) in [5.41, 5.74) is 5.99. The summed E-state index contributed by atoms with van der Waals surface area (Å²) in [6.07, 6.45) is 4.99. The first-order chi connectivity index (χ1) is 19.1. The standard InChI is InChI=1S/C29H30N6O3S/c1-39(36)35-12-10-34(11-13-35)23-5-2-20(3-6-23)26-17-25-28(31-19-32-29(25)33-26)21-4-7-27(22(16-21)18-30)38-24-8-14-37-15-9-24/h2-7,16-17,19,24H,8-15H2,1H3,(H,31,32,33). The fourth-order valence-electron chi connectivity index (χ4n) is 5.22. The molecule has 1 unspecified atom stereocenters. The van der Waals surface area contributed by atoms with Gasteiger partial charge in [0, 0.05) is 67.6 Å². The number of H-pyrrole nitrogens is 1. The molecule has 39 heavy (non-hydrogen) atoms. The molecule has 2 aromatic carbocycles. The quantitative estimate of drug-likeness (QED) is 0.390.